The Balaban J connectivity index is 0.000000639. The number of unbranched alkanes of at least 4 members (excludes halogenated alkanes) is 3. The first kappa shape index (κ1) is 101. The van der Waals surface area contributed by atoms with Crippen molar-refractivity contribution in [2.45, 2.75) is 376 Å². The molecule has 4 aliphatic rings. The first-order valence-electron chi connectivity index (χ1n) is 42.1. The van der Waals surface area contributed by atoms with E-state index in [4.69, 9.17) is 0 Å². The summed E-state index contributed by atoms with van der Waals surface area (Å²) in [6.45, 7) is 86.4. The predicted octanol–water partition coefficient (Wildman–Crippen LogP) is 20.5. The molecule has 3 aliphatic heterocycles. The summed E-state index contributed by atoms with van der Waals surface area (Å²) in [4.78, 5) is 7.55. The van der Waals surface area contributed by atoms with Gasteiger partial charge in [-0.05, 0) is 244 Å². The molecule has 0 aromatic carbocycles. The van der Waals surface area contributed by atoms with Crippen LogP contribution in [0, 0.1) is 113 Å². The van der Waals surface area contributed by atoms with Crippen LogP contribution < -0.4 is 5.32 Å². The van der Waals surface area contributed by atoms with E-state index in [1.165, 1.54) is 96.8 Å². The molecule has 16 nitrogen and oxygen atoms in total. The standard InChI is InChI=1S/C17H29N5.C14H26N4.C14H23N3.C14H27N3.C10H19N.C9H16.C8H14.C7H12/c1-16(2,3)6-7-17(4,5)14-22-13-15(19-20-22)12-21-10-8-18-9-11-21;1-14(2,3)11-13-12-18(16-15-13)10-9-17-7-5-4-6-8-17;1-7-8-14(5,6)11-17-10-12(15-16-17)9-13(2,3)4;1-5-9-13-12-17(16-15-13)11-8-6-7-10-14(2,3)4;1-9(2,3)11-7-10(8-11)5-4-6-10;1-5-6-7-8-9(2,3)4;1-5-6-7-8(2,3)4;1-5-6-7(2,3)4/h13,18H,8-12,14H2,1-5H3;12H,4-11H2,1-3H3;10H,9,11H2,1-6H3;12H,5-11H2,1-4H3;4-8H2,1-3H3;5-6H2,1-4H3;5H2,1-4H3;1-4H3. The third-order valence-electron chi connectivity index (χ3n) is 17.5. The molecule has 0 unspecified atom stereocenters. The highest BCUT2D eigenvalue weighted by Crippen LogP contribution is 2.50. The summed E-state index contributed by atoms with van der Waals surface area (Å²) >= 11 is 0. The number of hydrogen-bond donors (Lipinski definition) is 1. The fourth-order valence-corrected chi connectivity index (χ4v) is 12.0. The zero-order chi connectivity index (χ0) is 83.0. The van der Waals surface area contributed by atoms with Crippen LogP contribution in [0.1, 0.15) is 341 Å². The lowest BCUT2D eigenvalue weighted by Crippen LogP contribution is -2.64. The van der Waals surface area contributed by atoms with Crippen molar-refractivity contribution in [3.8, 4) is 59.2 Å². The van der Waals surface area contributed by atoms with Crippen LogP contribution in [0.5, 0.6) is 0 Å². The maximum atomic E-state index is 4.31. The molecule has 0 bridgehead atoms. The Morgan fingerprint density at radius 2 is 0.862 bits per heavy atom. The van der Waals surface area contributed by atoms with E-state index < -0.39 is 0 Å². The topological polar surface area (TPSA) is 145 Å². The van der Waals surface area contributed by atoms with Gasteiger partial charge in [0.05, 0.1) is 42.4 Å². The SMILES string of the molecule is CC#CC(C)(C)C.CC#CC(C)(C)Cn1cc(CC(C)(C)C)nn1.CC(C)(C)C#CC(C)(C)Cn1cc(CN2CCNCC2)nn1.CC(C)(C)Cc1cn(CCN2CCCCC2)nn1.CC(C)(C)N1CC2(CCC2)C1.CCC#CC(C)(C)C.CCCC#CC(C)(C)C.CCCc1cn(CCCCCC(C)(C)C)nn1. The van der Waals surface area contributed by atoms with Crippen molar-refractivity contribution in [3.05, 3.63) is 47.6 Å². The summed E-state index contributed by atoms with van der Waals surface area (Å²) in [5.41, 5.74) is 7.01. The predicted molar refractivity (Wildman–Crippen MR) is 465 cm³/mol. The summed E-state index contributed by atoms with van der Waals surface area (Å²) < 4.78 is 7.80. The number of nitrogens with zero attached hydrogens (tertiary/aromatic N) is 15. The summed E-state index contributed by atoms with van der Waals surface area (Å²) in [7, 11) is 0. The molecule has 0 radical (unpaired) electrons. The van der Waals surface area contributed by atoms with Gasteiger partial charge in [-0.2, -0.15) is 0 Å². The van der Waals surface area contributed by atoms with E-state index in [0.29, 0.717) is 11.0 Å². The molecule has 16 heteroatoms. The number of aryl methyl sites for hydroxylation is 2. The summed E-state index contributed by atoms with van der Waals surface area (Å²) in [5.74, 6) is 31.2. The highest BCUT2D eigenvalue weighted by atomic mass is 15.4. The van der Waals surface area contributed by atoms with Crippen LogP contribution >= 0.6 is 0 Å². The van der Waals surface area contributed by atoms with Crippen LogP contribution in [0.4, 0.5) is 0 Å². The highest BCUT2D eigenvalue weighted by molar-refractivity contribution is 5.15. The Labute approximate surface area is 672 Å². The maximum Gasteiger partial charge on any atom is 0.0967 e. The Morgan fingerprint density at radius 1 is 0.413 bits per heavy atom. The van der Waals surface area contributed by atoms with E-state index >= 15 is 0 Å². The van der Waals surface area contributed by atoms with Crippen molar-refractivity contribution >= 4 is 0 Å². The minimum atomic E-state index is -0.104. The summed E-state index contributed by atoms with van der Waals surface area (Å²) in [6, 6.07) is 0. The van der Waals surface area contributed by atoms with Crippen LogP contribution in [-0.2, 0) is 52.0 Å². The molecule has 1 aliphatic carbocycles. The molecule has 1 saturated carbocycles. The number of piperazine rings is 1. The first-order chi connectivity index (χ1) is 50.2. The van der Waals surface area contributed by atoms with Gasteiger partial charge in [-0.1, -0.05) is 172 Å². The molecule has 4 fully saturated rings. The second-order valence-electron chi connectivity index (χ2n) is 41.1. The van der Waals surface area contributed by atoms with Gasteiger partial charge in [-0.15, -0.1) is 44.1 Å². The number of nitrogens with one attached hydrogen (secondary N) is 1. The quantitative estimate of drug-likeness (QED) is 0.0705. The molecule has 8 rings (SSSR count). The minimum Gasteiger partial charge on any atom is -0.314 e. The van der Waals surface area contributed by atoms with E-state index in [2.05, 4.69) is 354 Å². The van der Waals surface area contributed by atoms with Gasteiger partial charge in [-0.3, -0.25) is 28.5 Å². The number of aromatic nitrogens is 12. The second kappa shape index (κ2) is 48.3. The average molecular weight is 1510 g/mol. The molecule has 3 saturated heterocycles. The average Bonchev–Trinajstić information content (AvgIpc) is 1.74. The van der Waals surface area contributed by atoms with Crippen molar-refractivity contribution in [3.63, 3.8) is 0 Å². The van der Waals surface area contributed by atoms with Crippen molar-refractivity contribution in [2.75, 3.05) is 58.9 Å². The minimum absolute atomic E-state index is 0.0348. The lowest BCUT2D eigenvalue weighted by atomic mass is 9.62. The highest BCUT2D eigenvalue weighted by Gasteiger charge is 2.50. The molecule has 618 valence electrons. The Kier molecular flexibility index (Phi) is 44.9. The smallest absolute Gasteiger partial charge is 0.0967 e. The Morgan fingerprint density at radius 3 is 1.28 bits per heavy atom. The fourth-order valence-electron chi connectivity index (χ4n) is 12.0. The van der Waals surface area contributed by atoms with Crippen molar-refractivity contribution < 1.29 is 0 Å². The van der Waals surface area contributed by atoms with Gasteiger partial charge >= 0.3 is 0 Å². The van der Waals surface area contributed by atoms with Gasteiger partial charge in [0, 0.05) is 135 Å². The normalized spacial score (nSPS) is 15.4. The molecule has 1 spiro atoms. The Hall–Kier alpha value is -5.80. The van der Waals surface area contributed by atoms with E-state index in [1.54, 1.807) is 0 Å². The van der Waals surface area contributed by atoms with Gasteiger partial charge in [0.15, 0.2) is 0 Å². The fraction of sp³-hybridized carbons (Fsp3) is 0.806. The summed E-state index contributed by atoms with van der Waals surface area (Å²) in [6.07, 6.45) is 29.3. The monoisotopic (exact) mass is 1510 g/mol. The van der Waals surface area contributed by atoms with Gasteiger partial charge in [0.25, 0.3) is 0 Å². The molecule has 1 N–H and O–H groups in total. The van der Waals surface area contributed by atoms with Gasteiger partial charge < -0.3 is 10.2 Å². The first-order valence-corrected chi connectivity index (χ1v) is 42.1. The van der Waals surface area contributed by atoms with E-state index in [9.17, 15) is 0 Å². The van der Waals surface area contributed by atoms with Crippen molar-refractivity contribution in [1.29, 1.82) is 0 Å². The molecule has 4 aromatic heterocycles. The number of piperidine rings is 1. The van der Waals surface area contributed by atoms with Crippen molar-refractivity contribution in [1.82, 2.24) is 80.0 Å². The molecule has 7 heterocycles. The molecule has 109 heavy (non-hydrogen) atoms. The third-order valence-corrected chi connectivity index (χ3v) is 17.5. The molecule has 0 amide bonds. The maximum absolute atomic E-state index is 4.31. The zero-order valence-electron chi connectivity index (χ0n) is 76.9. The Bertz CT molecular complexity index is 3410. The van der Waals surface area contributed by atoms with Crippen LogP contribution in [0.25, 0.3) is 0 Å². The number of rotatable bonds is 19. The number of likely N-dealkylation sites (tertiary alicyclic amines) is 2. The third kappa shape index (κ3) is 54.5. The molecular weight excluding hydrogens is 1340 g/mol. The van der Waals surface area contributed by atoms with Crippen LogP contribution in [0.3, 0.4) is 0 Å². The zero-order valence-corrected chi connectivity index (χ0v) is 76.9. The molecular formula is C93H166N16. The van der Waals surface area contributed by atoms with E-state index in [0.717, 1.165) is 132 Å². The largest absolute Gasteiger partial charge is 0.314 e. The lowest BCUT2D eigenvalue weighted by molar-refractivity contribution is -0.104. The van der Waals surface area contributed by atoms with E-state index in [1.807, 2.05) is 38.8 Å². The van der Waals surface area contributed by atoms with Crippen molar-refractivity contribution in [2.24, 2.45) is 54.1 Å². The van der Waals surface area contributed by atoms with Gasteiger partial charge in [0.1, 0.15) is 0 Å². The second-order valence-corrected chi connectivity index (χ2v) is 41.1. The molecule has 0 atom stereocenters. The number of hydrogen-bond acceptors (Lipinski definition) is 12. The van der Waals surface area contributed by atoms with Crippen LogP contribution in [-0.4, -0.2) is 139 Å². The summed E-state index contributed by atoms with van der Waals surface area (Å²) in [5, 5.41) is 37.1. The van der Waals surface area contributed by atoms with Crippen LogP contribution in [0.15, 0.2) is 24.8 Å². The lowest BCUT2D eigenvalue weighted by Gasteiger charge is -2.60. The van der Waals surface area contributed by atoms with Gasteiger partial charge in [0.2, 0.25) is 0 Å². The molecule has 4 aromatic rings. The van der Waals surface area contributed by atoms with Gasteiger partial charge in [-0.25, -0.2) is 0 Å². The van der Waals surface area contributed by atoms with E-state index in [-0.39, 0.29) is 43.3 Å². The van der Waals surface area contributed by atoms with Crippen LogP contribution in [0.2, 0.25) is 0 Å².